The lowest BCUT2D eigenvalue weighted by atomic mass is 10.1. The fraction of sp³-hybridized carbons (Fsp3) is 0.133. The number of halogens is 4. The number of alkyl halides is 3. The zero-order valence-electron chi connectivity index (χ0n) is 10.7. The van der Waals surface area contributed by atoms with Crippen LogP contribution in [0, 0.1) is 11.3 Å². The Hall–Kier alpha value is -2.00. The number of anilines is 1. The number of nitrogens with one attached hydrogen (secondary N) is 1. The lowest BCUT2D eigenvalue weighted by Crippen LogP contribution is -2.11. The number of rotatable bonds is 3. The summed E-state index contributed by atoms with van der Waals surface area (Å²) in [6.07, 6.45) is -4.43. The molecule has 0 bridgehead atoms. The number of nitriles is 1. The molecule has 0 atom stereocenters. The van der Waals surface area contributed by atoms with Crippen LogP contribution in [0.1, 0.15) is 16.7 Å². The van der Waals surface area contributed by atoms with Crippen LogP contribution in [0.3, 0.4) is 0 Å². The Morgan fingerprint density at radius 1 is 1.14 bits per heavy atom. The second-order valence-electron chi connectivity index (χ2n) is 4.35. The van der Waals surface area contributed by atoms with Gasteiger partial charge in [0.2, 0.25) is 0 Å². The first kappa shape index (κ1) is 15.4. The van der Waals surface area contributed by atoms with Gasteiger partial charge in [-0.3, -0.25) is 0 Å². The Balaban J connectivity index is 2.22. The summed E-state index contributed by atoms with van der Waals surface area (Å²) < 4.78 is 39.3. The van der Waals surface area contributed by atoms with Crippen LogP contribution in [0.25, 0.3) is 0 Å². The van der Waals surface area contributed by atoms with E-state index in [9.17, 15) is 13.2 Å². The first-order chi connectivity index (χ1) is 9.90. The lowest BCUT2D eigenvalue weighted by molar-refractivity contribution is -0.137. The molecule has 0 saturated carbocycles. The van der Waals surface area contributed by atoms with E-state index in [-0.39, 0.29) is 12.2 Å². The first-order valence-corrected chi connectivity index (χ1v) is 6.79. The Kier molecular flexibility index (Phi) is 4.53. The molecule has 0 aromatic heterocycles. The molecule has 0 spiro atoms. The highest BCUT2D eigenvalue weighted by molar-refractivity contribution is 9.10. The van der Waals surface area contributed by atoms with Crippen LogP contribution in [0.2, 0.25) is 0 Å². The highest BCUT2D eigenvalue weighted by atomic mass is 79.9. The van der Waals surface area contributed by atoms with Crippen LogP contribution in [-0.4, -0.2) is 0 Å². The monoisotopic (exact) mass is 354 g/mol. The summed E-state index contributed by atoms with van der Waals surface area (Å²) in [4.78, 5) is 0. The molecule has 0 aliphatic carbocycles. The summed E-state index contributed by atoms with van der Waals surface area (Å²) in [7, 11) is 0. The fourth-order valence-electron chi connectivity index (χ4n) is 1.85. The number of nitrogens with zero attached hydrogens (tertiary/aromatic N) is 1. The number of benzene rings is 2. The maximum atomic E-state index is 13.0. The van der Waals surface area contributed by atoms with Crippen molar-refractivity contribution in [1.29, 1.82) is 5.26 Å². The summed E-state index contributed by atoms with van der Waals surface area (Å²) >= 11 is 3.04. The minimum Gasteiger partial charge on any atom is -0.380 e. The zero-order chi connectivity index (χ0) is 15.5. The summed E-state index contributed by atoms with van der Waals surface area (Å²) in [5, 5.41) is 11.6. The average Bonchev–Trinajstić information content (AvgIpc) is 2.45. The van der Waals surface area contributed by atoms with E-state index in [1.54, 1.807) is 30.3 Å². The fourth-order valence-corrected chi connectivity index (χ4v) is 2.21. The third-order valence-electron chi connectivity index (χ3n) is 2.83. The van der Waals surface area contributed by atoms with E-state index >= 15 is 0 Å². The SMILES string of the molecule is N#Cc1cccc(CNc2ccc(Br)cc2C(F)(F)F)c1. The van der Waals surface area contributed by atoms with Gasteiger partial charge in [-0.25, -0.2) is 0 Å². The highest BCUT2D eigenvalue weighted by Crippen LogP contribution is 2.36. The number of hydrogen-bond donors (Lipinski definition) is 1. The van der Waals surface area contributed by atoms with Gasteiger partial charge >= 0.3 is 6.18 Å². The second-order valence-corrected chi connectivity index (χ2v) is 5.27. The van der Waals surface area contributed by atoms with Crippen molar-refractivity contribution in [1.82, 2.24) is 0 Å². The molecule has 0 saturated heterocycles. The molecule has 21 heavy (non-hydrogen) atoms. The van der Waals surface area contributed by atoms with Gasteiger partial charge < -0.3 is 5.32 Å². The van der Waals surface area contributed by atoms with E-state index in [1.807, 2.05) is 6.07 Å². The summed E-state index contributed by atoms with van der Waals surface area (Å²) in [6.45, 7) is 0.209. The second kappa shape index (κ2) is 6.19. The van der Waals surface area contributed by atoms with Gasteiger partial charge in [0.05, 0.1) is 17.2 Å². The zero-order valence-corrected chi connectivity index (χ0v) is 12.3. The topological polar surface area (TPSA) is 35.8 Å². The van der Waals surface area contributed by atoms with Crippen molar-refractivity contribution in [3.8, 4) is 6.07 Å². The van der Waals surface area contributed by atoms with E-state index in [0.717, 1.165) is 11.6 Å². The molecule has 2 aromatic carbocycles. The van der Waals surface area contributed by atoms with Gasteiger partial charge in [-0.1, -0.05) is 28.1 Å². The standard InChI is InChI=1S/C15H10BrF3N2/c16-12-4-5-14(13(7-12)15(17,18)19)21-9-11-3-1-2-10(6-11)8-20/h1-7,21H,9H2. The van der Waals surface area contributed by atoms with Crippen LogP contribution in [0.5, 0.6) is 0 Å². The normalized spacial score (nSPS) is 11.0. The van der Waals surface area contributed by atoms with Gasteiger partial charge in [0.25, 0.3) is 0 Å². The molecule has 2 aromatic rings. The van der Waals surface area contributed by atoms with E-state index in [1.165, 1.54) is 6.07 Å². The van der Waals surface area contributed by atoms with Crippen molar-refractivity contribution in [2.45, 2.75) is 12.7 Å². The van der Waals surface area contributed by atoms with Crippen LogP contribution in [0.4, 0.5) is 18.9 Å². The van der Waals surface area contributed by atoms with E-state index in [2.05, 4.69) is 21.2 Å². The summed E-state index contributed by atoms with van der Waals surface area (Å²) in [5.41, 5.74) is 0.493. The van der Waals surface area contributed by atoms with Gasteiger partial charge in [-0.2, -0.15) is 18.4 Å². The smallest absolute Gasteiger partial charge is 0.380 e. The minimum atomic E-state index is -4.43. The maximum absolute atomic E-state index is 13.0. The van der Waals surface area contributed by atoms with Gasteiger partial charge in [0, 0.05) is 16.7 Å². The molecule has 0 radical (unpaired) electrons. The van der Waals surface area contributed by atoms with Crippen LogP contribution < -0.4 is 5.32 Å². The molecule has 0 aliphatic heterocycles. The molecule has 0 fully saturated rings. The van der Waals surface area contributed by atoms with Crippen molar-refractivity contribution < 1.29 is 13.2 Å². The van der Waals surface area contributed by atoms with Gasteiger partial charge in [0.1, 0.15) is 0 Å². The third kappa shape index (κ3) is 3.99. The van der Waals surface area contributed by atoms with E-state index in [0.29, 0.717) is 10.0 Å². The predicted molar refractivity (Wildman–Crippen MR) is 77.6 cm³/mol. The highest BCUT2D eigenvalue weighted by Gasteiger charge is 2.33. The Morgan fingerprint density at radius 3 is 2.57 bits per heavy atom. The third-order valence-corrected chi connectivity index (χ3v) is 3.32. The molecule has 1 N–H and O–H groups in total. The van der Waals surface area contributed by atoms with E-state index < -0.39 is 11.7 Å². The van der Waals surface area contributed by atoms with Crippen molar-refractivity contribution in [2.75, 3.05) is 5.32 Å². The van der Waals surface area contributed by atoms with Gasteiger partial charge in [-0.05, 0) is 35.9 Å². The first-order valence-electron chi connectivity index (χ1n) is 6.00. The minimum absolute atomic E-state index is 0.00746. The molecule has 0 aliphatic rings. The summed E-state index contributed by atoms with van der Waals surface area (Å²) in [6, 6.07) is 12.7. The molecule has 2 nitrogen and oxygen atoms in total. The molecule has 0 amide bonds. The van der Waals surface area contributed by atoms with Gasteiger partial charge in [0.15, 0.2) is 0 Å². The van der Waals surface area contributed by atoms with Crippen LogP contribution >= 0.6 is 15.9 Å². The predicted octanol–water partition coefficient (Wildman–Crippen LogP) is 4.95. The Labute approximate surface area is 128 Å². The average molecular weight is 355 g/mol. The van der Waals surface area contributed by atoms with Crippen molar-refractivity contribution in [3.63, 3.8) is 0 Å². The largest absolute Gasteiger partial charge is 0.418 e. The van der Waals surface area contributed by atoms with Crippen LogP contribution in [-0.2, 0) is 12.7 Å². The van der Waals surface area contributed by atoms with Crippen LogP contribution in [0.15, 0.2) is 46.9 Å². The molecule has 2 rings (SSSR count). The molecule has 0 unspecified atom stereocenters. The quantitative estimate of drug-likeness (QED) is 0.846. The van der Waals surface area contributed by atoms with E-state index in [4.69, 9.17) is 5.26 Å². The lowest BCUT2D eigenvalue weighted by Gasteiger charge is -2.15. The Morgan fingerprint density at radius 2 is 1.90 bits per heavy atom. The molecular weight excluding hydrogens is 345 g/mol. The van der Waals surface area contributed by atoms with Crippen molar-refractivity contribution in [2.24, 2.45) is 0 Å². The van der Waals surface area contributed by atoms with Crippen molar-refractivity contribution >= 4 is 21.6 Å². The number of hydrogen-bond acceptors (Lipinski definition) is 2. The van der Waals surface area contributed by atoms with Crippen molar-refractivity contribution in [3.05, 3.63) is 63.6 Å². The maximum Gasteiger partial charge on any atom is 0.418 e. The molecular formula is C15H10BrF3N2. The summed E-state index contributed by atoms with van der Waals surface area (Å²) in [5.74, 6) is 0. The molecule has 108 valence electrons. The van der Waals surface area contributed by atoms with Gasteiger partial charge in [-0.15, -0.1) is 0 Å². The Bertz CT molecular complexity index is 690. The molecule has 6 heteroatoms. The molecule has 0 heterocycles.